The fraction of sp³-hybridized carbons (Fsp3) is 0.867. The van der Waals surface area contributed by atoms with E-state index in [9.17, 15) is 14.7 Å². The Morgan fingerprint density at radius 3 is 2.05 bits per heavy atom. The van der Waals surface area contributed by atoms with E-state index in [0.29, 0.717) is 5.92 Å². The van der Waals surface area contributed by atoms with E-state index < -0.39 is 11.9 Å². The number of nitrogens with zero attached hydrogens (tertiary/aromatic N) is 1. The van der Waals surface area contributed by atoms with Crippen LogP contribution in [0.25, 0.3) is 0 Å². The minimum atomic E-state index is -1.000. The molecule has 3 rings (SSSR count). The molecule has 1 heterocycles. The zero-order valence-electron chi connectivity index (χ0n) is 11.3. The lowest BCUT2D eigenvalue weighted by molar-refractivity contribution is -0.314. The van der Waals surface area contributed by atoms with Crippen LogP contribution in [0, 0.1) is 23.7 Å². The average molecular weight is 264 g/mol. The van der Waals surface area contributed by atoms with Crippen molar-refractivity contribution >= 4 is 11.9 Å². The summed E-state index contributed by atoms with van der Waals surface area (Å²) in [5, 5.41) is 11.4. The van der Waals surface area contributed by atoms with Gasteiger partial charge in [-0.3, -0.25) is 4.79 Å². The van der Waals surface area contributed by atoms with E-state index >= 15 is 0 Å². The minimum absolute atomic E-state index is 0.100. The fourth-order valence-corrected chi connectivity index (χ4v) is 4.49. The van der Waals surface area contributed by atoms with Gasteiger partial charge in [-0.25, -0.2) is 0 Å². The molecule has 1 aliphatic heterocycles. The highest BCUT2D eigenvalue weighted by Crippen LogP contribution is 2.52. The van der Waals surface area contributed by atoms with Gasteiger partial charge in [-0.05, 0) is 43.9 Å². The van der Waals surface area contributed by atoms with Gasteiger partial charge >= 0.3 is 0 Å². The second kappa shape index (κ2) is 5.14. The average Bonchev–Trinajstić information content (AvgIpc) is 2.89. The van der Waals surface area contributed by atoms with Crippen LogP contribution in [-0.4, -0.2) is 29.9 Å². The van der Waals surface area contributed by atoms with Crippen molar-refractivity contribution in [2.24, 2.45) is 23.7 Å². The normalized spacial score (nSPS) is 38.2. The number of aliphatic carboxylic acids is 1. The molecule has 0 unspecified atom stereocenters. The highest BCUT2D eigenvalue weighted by Gasteiger charge is 2.52. The number of likely N-dealkylation sites (tertiary alicyclic amines) is 1. The van der Waals surface area contributed by atoms with Crippen molar-refractivity contribution in [3.8, 4) is 0 Å². The van der Waals surface area contributed by atoms with Crippen molar-refractivity contribution in [2.45, 2.75) is 44.9 Å². The summed E-state index contributed by atoms with van der Waals surface area (Å²) >= 11 is 0. The van der Waals surface area contributed by atoms with Crippen LogP contribution in [-0.2, 0) is 9.59 Å². The predicted molar refractivity (Wildman–Crippen MR) is 67.9 cm³/mol. The quantitative estimate of drug-likeness (QED) is 0.741. The molecule has 0 aromatic carbocycles. The van der Waals surface area contributed by atoms with Crippen LogP contribution < -0.4 is 5.11 Å². The highest BCUT2D eigenvalue weighted by molar-refractivity contribution is 5.85. The first-order valence-electron chi connectivity index (χ1n) is 7.68. The number of carbonyl (C=O) groups excluding carboxylic acids is 2. The summed E-state index contributed by atoms with van der Waals surface area (Å²) in [6.07, 6.45) is 7.40. The van der Waals surface area contributed by atoms with Gasteiger partial charge in [0.25, 0.3) is 0 Å². The maximum atomic E-state index is 12.7. The van der Waals surface area contributed by atoms with Gasteiger partial charge in [0.1, 0.15) is 0 Å². The monoisotopic (exact) mass is 264 g/mol. The van der Waals surface area contributed by atoms with Crippen LogP contribution >= 0.6 is 0 Å². The Kier molecular flexibility index (Phi) is 3.50. The van der Waals surface area contributed by atoms with Crippen LogP contribution in [0.4, 0.5) is 0 Å². The molecule has 0 aromatic heterocycles. The van der Waals surface area contributed by atoms with Gasteiger partial charge in [-0.2, -0.15) is 0 Å². The number of carboxylic acid groups (broad SMARTS) is 1. The molecular weight excluding hydrogens is 242 g/mol. The Morgan fingerprint density at radius 2 is 1.47 bits per heavy atom. The van der Waals surface area contributed by atoms with Crippen LogP contribution in [0.3, 0.4) is 0 Å². The van der Waals surface area contributed by atoms with Crippen molar-refractivity contribution in [3.05, 3.63) is 0 Å². The molecule has 3 fully saturated rings. The highest BCUT2D eigenvalue weighted by atomic mass is 16.4. The zero-order chi connectivity index (χ0) is 13.4. The summed E-state index contributed by atoms with van der Waals surface area (Å²) < 4.78 is 0. The lowest BCUT2D eigenvalue weighted by atomic mass is 9.78. The van der Waals surface area contributed by atoms with Gasteiger partial charge in [0.2, 0.25) is 5.91 Å². The largest absolute Gasteiger partial charge is 0.550 e. The summed E-state index contributed by atoms with van der Waals surface area (Å²) in [7, 11) is 0. The molecule has 0 aromatic rings. The van der Waals surface area contributed by atoms with Crippen LogP contribution in [0.15, 0.2) is 0 Å². The number of carboxylic acids is 1. The SMILES string of the molecule is O=C([O-])[C@H]1[C@H]2CC[C@H](C2)[C@H]1C(=O)N1CCCCCC1. The summed E-state index contributed by atoms with van der Waals surface area (Å²) in [4.78, 5) is 26.0. The second-order valence-corrected chi connectivity index (χ2v) is 6.44. The molecule has 2 saturated carbocycles. The van der Waals surface area contributed by atoms with Crippen LogP contribution in [0.2, 0.25) is 0 Å². The minimum Gasteiger partial charge on any atom is -0.550 e. The second-order valence-electron chi connectivity index (χ2n) is 6.44. The van der Waals surface area contributed by atoms with Crippen molar-refractivity contribution in [1.29, 1.82) is 0 Å². The molecule has 1 amide bonds. The maximum Gasteiger partial charge on any atom is 0.226 e. The molecule has 19 heavy (non-hydrogen) atoms. The van der Waals surface area contributed by atoms with Crippen LogP contribution in [0.1, 0.15) is 44.9 Å². The van der Waals surface area contributed by atoms with Crippen molar-refractivity contribution in [1.82, 2.24) is 4.90 Å². The molecule has 4 atom stereocenters. The number of fused-ring (bicyclic) bond motifs is 2. The van der Waals surface area contributed by atoms with E-state index in [0.717, 1.165) is 45.2 Å². The molecule has 3 aliphatic rings. The Morgan fingerprint density at radius 1 is 0.895 bits per heavy atom. The maximum absolute atomic E-state index is 12.7. The molecule has 4 nitrogen and oxygen atoms in total. The number of hydrogen-bond donors (Lipinski definition) is 0. The van der Waals surface area contributed by atoms with E-state index in [1.54, 1.807) is 0 Å². The number of rotatable bonds is 2. The van der Waals surface area contributed by atoms with E-state index in [-0.39, 0.29) is 17.7 Å². The van der Waals surface area contributed by atoms with E-state index in [2.05, 4.69) is 0 Å². The van der Waals surface area contributed by atoms with Gasteiger partial charge in [0.05, 0.1) is 0 Å². The van der Waals surface area contributed by atoms with Crippen LogP contribution in [0.5, 0.6) is 0 Å². The standard InChI is InChI=1S/C15H23NO3/c17-14(16-7-3-1-2-4-8-16)12-10-5-6-11(9-10)13(12)15(18)19/h10-13H,1-9H2,(H,18,19)/p-1/t10-,11+,12-,13+/m1/s1. The van der Waals surface area contributed by atoms with E-state index in [1.165, 1.54) is 12.8 Å². The molecular formula is C15H22NO3-. The first kappa shape index (κ1) is 12.9. The number of hydrogen-bond acceptors (Lipinski definition) is 3. The third kappa shape index (κ3) is 2.26. The van der Waals surface area contributed by atoms with E-state index in [4.69, 9.17) is 0 Å². The third-order valence-corrected chi connectivity index (χ3v) is 5.39. The molecule has 4 heteroatoms. The Hall–Kier alpha value is -1.06. The van der Waals surface area contributed by atoms with Gasteiger partial charge in [-0.1, -0.05) is 12.8 Å². The summed E-state index contributed by atoms with van der Waals surface area (Å²) in [6.45, 7) is 1.62. The smallest absolute Gasteiger partial charge is 0.226 e. The molecule has 2 bridgehead atoms. The van der Waals surface area contributed by atoms with Gasteiger partial charge in [-0.15, -0.1) is 0 Å². The van der Waals surface area contributed by atoms with Gasteiger partial charge < -0.3 is 14.8 Å². The molecule has 1 saturated heterocycles. The molecule has 0 N–H and O–H groups in total. The number of carbonyl (C=O) groups is 2. The molecule has 106 valence electrons. The number of amides is 1. The van der Waals surface area contributed by atoms with Crippen molar-refractivity contribution in [3.63, 3.8) is 0 Å². The topological polar surface area (TPSA) is 60.4 Å². The predicted octanol–water partition coefficient (Wildman–Crippen LogP) is 0.801. The third-order valence-electron chi connectivity index (χ3n) is 5.39. The van der Waals surface area contributed by atoms with Crippen molar-refractivity contribution in [2.75, 3.05) is 13.1 Å². The van der Waals surface area contributed by atoms with Gasteiger partial charge in [0, 0.05) is 30.9 Å². The Balaban J connectivity index is 1.76. The molecule has 2 aliphatic carbocycles. The zero-order valence-corrected chi connectivity index (χ0v) is 11.3. The lowest BCUT2D eigenvalue weighted by Crippen LogP contribution is -2.47. The summed E-state index contributed by atoms with van der Waals surface area (Å²) in [5.41, 5.74) is 0. The Bertz CT molecular complexity index is 374. The van der Waals surface area contributed by atoms with E-state index in [1.807, 2.05) is 4.90 Å². The first-order valence-corrected chi connectivity index (χ1v) is 7.68. The molecule has 0 spiro atoms. The fourth-order valence-electron chi connectivity index (χ4n) is 4.49. The van der Waals surface area contributed by atoms with Crippen molar-refractivity contribution < 1.29 is 14.7 Å². The lowest BCUT2D eigenvalue weighted by Gasteiger charge is -2.34. The summed E-state index contributed by atoms with van der Waals surface area (Å²) in [5.74, 6) is -1.22. The molecule has 0 radical (unpaired) electrons. The Labute approximate surface area is 114 Å². The summed E-state index contributed by atoms with van der Waals surface area (Å²) in [6, 6.07) is 0. The first-order chi connectivity index (χ1) is 9.18. The van der Waals surface area contributed by atoms with Gasteiger partial charge in [0.15, 0.2) is 0 Å².